The average molecular weight is 288 g/mol. The number of amides is 1. The van der Waals surface area contributed by atoms with Gasteiger partial charge in [-0.25, -0.2) is 4.98 Å². The predicted octanol–water partition coefficient (Wildman–Crippen LogP) is 2.35. The van der Waals surface area contributed by atoms with Crippen molar-refractivity contribution in [2.45, 2.75) is 12.8 Å². The fourth-order valence-electron chi connectivity index (χ4n) is 2.23. The van der Waals surface area contributed by atoms with E-state index >= 15 is 0 Å². The molecule has 2 heterocycles. The minimum atomic E-state index is -0.00250. The first-order chi connectivity index (χ1) is 8.61. The van der Waals surface area contributed by atoms with E-state index < -0.39 is 0 Å². The van der Waals surface area contributed by atoms with E-state index in [1.165, 1.54) is 0 Å². The number of pyridine rings is 1. The summed E-state index contributed by atoms with van der Waals surface area (Å²) >= 11 is 12.0. The maximum atomic E-state index is 11.7. The molecule has 1 aromatic heterocycles. The molecule has 1 aliphatic rings. The lowest BCUT2D eigenvalue weighted by Gasteiger charge is -2.33. The highest BCUT2D eigenvalue weighted by molar-refractivity contribution is 6.36. The molecule has 1 aliphatic heterocycles. The van der Waals surface area contributed by atoms with Gasteiger partial charge in [0.25, 0.3) is 0 Å². The summed E-state index contributed by atoms with van der Waals surface area (Å²) < 4.78 is 0. The standard InChI is InChI=1S/C12H15Cl2N3O/c1-15-12(18)8-3-2-4-17(7-8)11-10(14)5-9(13)6-16-11/h5-6,8H,2-4,7H2,1H3,(H,15,18). The van der Waals surface area contributed by atoms with Crippen molar-refractivity contribution in [3.05, 3.63) is 22.3 Å². The quantitative estimate of drug-likeness (QED) is 0.908. The van der Waals surface area contributed by atoms with Crippen molar-refractivity contribution in [2.75, 3.05) is 25.0 Å². The van der Waals surface area contributed by atoms with Gasteiger partial charge in [0.2, 0.25) is 5.91 Å². The molecule has 1 aromatic rings. The molecule has 0 radical (unpaired) electrons. The molecule has 1 atom stereocenters. The zero-order chi connectivity index (χ0) is 13.1. The Balaban J connectivity index is 2.15. The molecular formula is C12H15Cl2N3O. The molecule has 1 fully saturated rings. The number of piperidine rings is 1. The molecule has 1 saturated heterocycles. The normalized spacial score (nSPS) is 19.7. The van der Waals surface area contributed by atoms with Crippen LogP contribution in [0.3, 0.4) is 0 Å². The number of anilines is 1. The number of carbonyl (C=O) groups is 1. The zero-order valence-corrected chi connectivity index (χ0v) is 11.6. The van der Waals surface area contributed by atoms with Crippen molar-refractivity contribution >= 4 is 34.9 Å². The summed E-state index contributed by atoms with van der Waals surface area (Å²) in [5, 5.41) is 3.74. The molecule has 1 unspecified atom stereocenters. The summed E-state index contributed by atoms with van der Waals surface area (Å²) in [6.07, 6.45) is 3.44. The molecule has 0 bridgehead atoms. The first-order valence-electron chi connectivity index (χ1n) is 5.89. The van der Waals surface area contributed by atoms with Gasteiger partial charge in [-0.2, -0.15) is 0 Å². The van der Waals surface area contributed by atoms with Crippen LogP contribution >= 0.6 is 23.2 Å². The molecule has 98 valence electrons. The summed E-state index contributed by atoms with van der Waals surface area (Å²) in [6, 6.07) is 1.68. The van der Waals surface area contributed by atoms with Gasteiger partial charge in [0.05, 0.1) is 16.0 Å². The predicted molar refractivity (Wildman–Crippen MR) is 73.3 cm³/mol. The second kappa shape index (κ2) is 5.76. The summed E-state index contributed by atoms with van der Waals surface area (Å²) in [4.78, 5) is 18.0. The molecule has 4 nitrogen and oxygen atoms in total. The fraction of sp³-hybridized carbons (Fsp3) is 0.500. The van der Waals surface area contributed by atoms with E-state index in [0.29, 0.717) is 22.4 Å². The maximum Gasteiger partial charge on any atom is 0.224 e. The number of carbonyl (C=O) groups excluding carboxylic acids is 1. The highest BCUT2D eigenvalue weighted by Crippen LogP contribution is 2.29. The lowest BCUT2D eigenvalue weighted by atomic mass is 9.97. The SMILES string of the molecule is CNC(=O)C1CCCN(c2ncc(Cl)cc2Cl)C1. The van der Waals surface area contributed by atoms with Crippen LogP contribution in [0, 0.1) is 5.92 Å². The number of nitrogens with one attached hydrogen (secondary N) is 1. The molecule has 1 N–H and O–H groups in total. The van der Waals surface area contributed by atoms with E-state index in [0.717, 1.165) is 19.4 Å². The van der Waals surface area contributed by atoms with E-state index in [4.69, 9.17) is 23.2 Å². The van der Waals surface area contributed by atoms with Crippen LogP contribution in [-0.4, -0.2) is 31.0 Å². The summed E-state index contributed by atoms with van der Waals surface area (Å²) in [6.45, 7) is 1.51. The lowest BCUT2D eigenvalue weighted by Crippen LogP contribution is -2.42. The third-order valence-corrected chi connectivity index (χ3v) is 3.61. The minimum absolute atomic E-state index is 0.00250. The van der Waals surface area contributed by atoms with Crippen molar-refractivity contribution in [2.24, 2.45) is 5.92 Å². The van der Waals surface area contributed by atoms with Gasteiger partial charge >= 0.3 is 0 Å². The first kappa shape index (κ1) is 13.4. The monoisotopic (exact) mass is 287 g/mol. The molecular weight excluding hydrogens is 273 g/mol. The molecule has 6 heteroatoms. The van der Waals surface area contributed by atoms with Crippen molar-refractivity contribution in [1.29, 1.82) is 0 Å². The molecule has 0 spiro atoms. The van der Waals surface area contributed by atoms with E-state index in [-0.39, 0.29) is 11.8 Å². The van der Waals surface area contributed by atoms with Gasteiger partial charge in [-0.3, -0.25) is 4.79 Å². The Morgan fingerprint density at radius 1 is 1.56 bits per heavy atom. The van der Waals surface area contributed by atoms with Crippen LogP contribution in [0.2, 0.25) is 10.0 Å². The van der Waals surface area contributed by atoms with E-state index in [9.17, 15) is 4.79 Å². The molecule has 1 amide bonds. The Labute approximate surface area is 116 Å². The Morgan fingerprint density at radius 3 is 3.00 bits per heavy atom. The topological polar surface area (TPSA) is 45.2 Å². The lowest BCUT2D eigenvalue weighted by molar-refractivity contribution is -0.124. The Hall–Kier alpha value is -1.000. The Kier molecular flexibility index (Phi) is 4.30. The number of nitrogens with zero attached hydrogens (tertiary/aromatic N) is 2. The zero-order valence-electron chi connectivity index (χ0n) is 10.1. The van der Waals surface area contributed by atoms with Gasteiger partial charge in [-0.1, -0.05) is 23.2 Å². The second-order valence-corrected chi connectivity index (χ2v) is 5.20. The van der Waals surface area contributed by atoms with E-state index in [1.807, 2.05) is 4.90 Å². The number of hydrogen-bond donors (Lipinski definition) is 1. The van der Waals surface area contributed by atoms with E-state index in [1.54, 1.807) is 19.3 Å². The van der Waals surface area contributed by atoms with E-state index in [2.05, 4.69) is 10.3 Å². The van der Waals surface area contributed by atoms with Gasteiger partial charge in [-0.05, 0) is 18.9 Å². The molecule has 0 saturated carbocycles. The van der Waals surface area contributed by atoms with Crippen molar-refractivity contribution in [3.63, 3.8) is 0 Å². The second-order valence-electron chi connectivity index (χ2n) is 4.36. The van der Waals surface area contributed by atoms with Crippen molar-refractivity contribution in [1.82, 2.24) is 10.3 Å². The van der Waals surface area contributed by atoms with Crippen LogP contribution in [-0.2, 0) is 4.79 Å². The van der Waals surface area contributed by atoms with Crippen LogP contribution in [0.1, 0.15) is 12.8 Å². The number of halogens is 2. The fourth-order valence-corrected chi connectivity index (χ4v) is 2.73. The van der Waals surface area contributed by atoms with Gasteiger partial charge in [0, 0.05) is 26.3 Å². The number of aromatic nitrogens is 1. The van der Waals surface area contributed by atoms with Gasteiger partial charge in [-0.15, -0.1) is 0 Å². The summed E-state index contributed by atoms with van der Waals surface area (Å²) in [7, 11) is 1.66. The third-order valence-electron chi connectivity index (χ3n) is 3.13. The van der Waals surface area contributed by atoms with Crippen LogP contribution in [0.5, 0.6) is 0 Å². The number of hydrogen-bond acceptors (Lipinski definition) is 3. The molecule has 18 heavy (non-hydrogen) atoms. The van der Waals surface area contributed by atoms with Crippen molar-refractivity contribution in [3.8, 4) is 0 Å². The molecule has 2 rings (SSSR count). The minimum Gasteiger partial charge on any atom is -0.359 e. The largest absolute Gasteiger partial charge is 0.359 e. The smallest absolute Gasteiger partial charge is 0.224 e. The highest BCUT2D eigenvalue weighted by atomic mass is 35.5. The first-order valence-corrected chi connectivity index (χ1v) is 6.65. The molecule has 0 aliphatic carbocycles. The Morgan fingerprint density at radius 2 is 2.33 bits per heavy atom. The van der Waals surface area contributed by atoms with Crippen LogP contribution in [0.4, 0.5) is 5.82 Å². The van der Waals surface area contributed by atoms with Crippen LogP contribution in [0.15, 0.2) is 12.3 Å². The van der Waals surface area contributed by atoms with Crippen LogP contribution in [0.25, 0.3) is 0 Å². The molecule has 0 aromatic carbocycles. The van der Waals surface area contributed by atoms with Gasteiger partial charge in [0.15, 0.2) is 0 Å². The van der Waals surface area contributed by atoms with Crippen molar-refractivity contribution < 1.29 is 4.79 Å². The third kappa shape index (κ3) is 2.87. The average Bonchev–Trinajstić information content (AvgIpc) is 2.38. The maximum absolute atomic E-state index is 11.7. The number of rotatable bonds is 2. The summed E-state index contributed by atoms with van der Waals surface area (Å²) in [5.74, 6) is 0.775. The van der Waals surface area contributed by atoms with Gasteiger partial charge in [0.1, 0.15) is 5.82 Å². The summed E-state index contributed by atoms with van der Waals surface area (Å²) in [5.41, 5.74) is 0. The Bertz CT molecular complexity index is 453. The highest BCUT2D eigenvalue weighted by Gasteiger charge is 2.26. The van der Waals surface area contributed by atoms with Crippen LogP contribution < -0.4 is 10.2 Å². The van der Waals surface area contributed by atoms with Gasteiger partial charge < -0.3 is 10.2 Å².